The summed E-state index contributed by atoms with van der Waals surface area (Å²) in [6, 6.07) is 15.5. The van der Waals surface area contributed by atoms with E-state index in [1.165, 1.54) is 23.3 Å². The maximum atomic E-state index is 5.60. The zero-order valence-electron chi connectivity index (χ0n) is 12.0. The van der Waals surface area contributed by atoms with Crippen molar-refractivity contribution in [3.8, 4) is 0 Å². The van der Waals surface area contributed by atoms with Crippen LogP contribution in [0.1, 0.15) is 23.3 Å². The molecule has 1 N–H and O–H groups in total. The van der Waals surface area contributed by atoms with Crippen LogP contribution in [-0.4, -0.2) is 22.6 Å². The first-order valence-corrected chi connectivity index (χ1v) is 8.72. The van der Waals surface area contributed by atoms with Gasteiger partial charge in [0.2, 0.25) is 0 Å². The highest BCUT2D eigenvalue weighted by Crippen LogP contribution is 2.20. The Labute approximate surface area is 135 Å². The lowest BCUT2D eigenvalue weighted by Crippen LogP contribution is -2.41. The number of rotatable bonds is 6. The third kappa shape index (κ3) is 4.55. The zero-order valence-corrected chi connectivity index (χ0v) is 13.6. The van der Waals surface area contributed by atoms with Gasteiger partial charge in [-0.15, -0.1) is 11.3 Å². The van der Waals surface area contributed by atoms with E-state index in [9.17, 15) is 0 Å². The summed E-state index contributed by atoms with van der Waals surface area (Å²) < 4.78 is 0. The zero-order chi connectivity index (χ0) is 14.5. The van der Waals surface area contributed by atoms with Gasteiger partial charge < -0.3 is 10.2 Å². The lowest BCUT2D eigenvalue weighted by Gasteiger charge is -2.25. The van der Waals surface area contributed by atoms with Gasteiger partial charge in [-0.1, -0.05) is 36.4 Å². The van der Waals surface area contributed by atoms with Crippen LogP contribution in [0, 0.1) is 0 Å². The van der Waals surface area contributed by atoms with E-state index in [0.717, 1.165) is 24.6 Å². The summed E-state index contributed by atoms with van der Waals surface area (Å²) in [5.74, 6) is 0. The predicted octanol–water partition coefficient (Wildman–Crippen LogP) is 3.83. The summed E-state index contributed by atoms with van der Waals surface area (Å²) in [4.78, 5) is 3.66. The summed E-state index contributed by atoms with van der Waals surface area (Å²) >= 11 is 7.40. The van der Waals surface area contributed by atoms with Crippen LogP contribution in [0.3, 0.4) is 0 Å². The van der Waals surface area contributed by atoms with Gasteiger partial charge in [0.15, 0.2) is 5.11 Å². The monoisotopic (exact) mass is 316 g/mol. The first-order valence-electron chi connectivity index (χ1n) is 7.43. The number of benzene rings is 1. The average Bonchev–Trinajstić information content (AvgIpc) is 3.17. The molecular weight excluding hydrogens is 296 g/mol. The van der Waals surface area contributed by atoms with Gasteiger partial charge in [0, 0.05) is 17.5 Å². The van der Waals surface area contributed by atoms with E-state index < -0.39 is 0 Å². The minimum absolute atomic E-state index is 0.611. The number of hydrogen-bond acceptors (Lipinski definition) is 2. The summed E-state index contributed by atoms with van der Waals surface area (Å²) in [7, 11) is 0. The molecule has 1 fully saturated rings. The first kappa shape index (κ1) is 14.5. The van der Waals surface area contributed by atoms with Gasteiger partial charge in [0.25, 0.3) is 0 Å². The van der Waals surface area contributed by atoms with Gasteiger partial charge in [-0.05, 0) is 48.5 Å². The van der Waals surface area contributed by atoms with E-state index >= 15 is 0 Å². The van der Waals surface area contributed by atoms with Gasteiger partial charge >= 0.3 is 0 Å². The molecule has 0 spiro atoms. The molecule has 2 nitrogen and oxygen atoms in total. The molecule has 0 amide bonds. The Kier molecular flexibility index (Phi) is 4.88. The van der Waals surface area contributed by atoms with E-state index in [1.807, 2.05) is 0 Å². The molecule has 1 aromatic heterocycles. The number of nitrogens with one attached hydrogen (secondary N) is 1. The number of hydrogen-bond donors (Lipinski definition) is 1. The maximum Gasteiger partial charge on any atom is 0.169 e. The van der Waals surface area contributed by atoms with Crippen LogP contribution in [0.5, 0.6) is 0 Å². The summed E-state index contributed by atoms with van der Waals surface area (Å²) in [6.45, 7) is 1.86. The van der Waals surface area contributed by atoms with Gasteiger partial charge in [-0.3, -0.25) is 0 Å². The largest absolute Gasteiger partial charge is 0.360 e. The van der Waals surface area contributed by atoms with Crippen LogP contribution in [0.25, 0.3) is 0 Å². The molecule has 0 saturated heterocycles. The topological polar surface area (TPSA) is 15.3 Å². The van der Waals surface area contributed by atoms with Crippen molar-refractivity contribution in [2.75, 3.05) is 6.54 Å². The van der Waals surface area contributed by atoms with E-state index in [0.29, 0.717) is 6.04 Å². The minimum Gasteiger partial charge on any atom is -0.360 e. The second-order valence-electron chi connectivity index (χ2n) is 5.46. The van der Waals surface area contributed by atoms with Crippen molar-refractivity contribution >= 4 is 28.7 Å². The molecule has 0 aliphatic heterocycles. The smallest absolute Gasteiger partial charge is 0.169 e. The lowest BCUT2D eigenvalue weighted by atomic mass is 10.1. The molecule has 2 aromatic rings. The molecule has 0 radical (unpaired) electrons. The van der Waals surface area contributed by atoms with Crippen LogP contribution in [0.15, 0.2) is 47.8 Å². The molecular formula is C17H20N2S2. The molecule has 1 aromatic carbocycles. The van der Waals surface area contributed by atoms with Crippen molar-refractivity contribution < 1.29 is 0 Å². The molecule has 110 valence electrons. The van der Waals surface area contributed by atoms with Crippen LogP contribution in [-0.2, 0) is 13.0 Å². The van der Waals surface area contributed by atoms with Gasteiger partial charge in [-0.2, -0.15) is 0 Å². The molecule has 4 heteroatoms. The summed E-state index contributed by atoms with van der Waals surface area (Å²) in [5.41, 5.74) is 1.36. The normalized spacial score (nSPS) is 13.9. The Morgan fingerprint density at radius 1 is 1.19 bits per heavy atom. The lowest BCUT2D eigenvalue weighted by molar-refractivity contribution is 0.412. The van der Waals surface area contributed by atoms with E-state index in [4.69, 9.17) is 12.2 Å². The Morgan fingerprint density at radius 2 is 2.00 bits per heavy atom. The van der Waals surface area contributed by atoms with Crippen molar-refractivity contribution in [1.82, 2.24) is 10.2 Å². The van der Waals surface area contributed by atoms with Crippen molar-refractivity contribution in [3.63, 3.8) is 0 Å². The fraction of sp³-hybridized carbons (Fsp3) is 0.353. The molecule has 0 unspecified atom stereocenters. The van der Waals surface area contributed by atoms with Crippen molar-refractivity contribution in [1.29, 1.82) is 0 Å². The second kappa shape index (κ2) is 7.05. The van der Waals surface area contributed by atoms with Crippen molar-refractivity contribution in [3.05, 3.63) is 58.3 Å². The molecule has 1 heterocycles. The molecule has 21 heavy (non-hydrogen) atoms. The summed E-state index contributed by atoms with van der Waals surface area (Å²) in [6.07, 6.45) is 3.54. The van der Waals surface area contributed by atoms with Gasteiger partial charge in [0.1, 0.15) is 0 Å². The first-order chi connectivity index (χ1) is 10.3. The average molecular weight is 316 g/mol. The Balaban J connectivity index is 1.61. The Hall–Kier alpha value is -1.39. The van der Waals surface area contributed by atoms with Crippen LogP contribution in [0.4, 0.5) is 0 Å². The molecule has 1 saturated carbocycles. The molecule has 1 aliphatic carbocycles. The quantitative estimate of drug-likeness (QED) is 0.815. The summed E-state index contributed by atoms with van der Waals surface area (Å²) in [5, 5.41) is 6.50. The van der Waals surface area contributed by atoms with Gasteiger partial charge in [0.05, 0.1) is 6.54 Å². The second-order valence-corrected chi connectivity index (χ2v) is 6.88. The third-order valence-electron chi connectivity index (χ3n) is 3.63. The molecule has 1 aliphatic rings. The fourth-order valence-electron chi connectivity index (χ4n) is 2.25. The highest BCUT2D eigenvalue weighted by Gasteiger charge is 2.24. The molecule has 0 bridgehead atoms. The maximum absolute atomic E-state index is 5.60. The Morgan fingerprint density at radius 3 is 2.67 bits per heavy atom. The third-order valence-corrected chi connectivity index (χ3v) is 4.87. The minimum atomic E-state index is 0.611. The predicted molar refractivity (Wildman–Crippen MR) is 93.6 cm³/mol. The van der Waals surface area contributed by atoms with Crippen LogP contribution >= 0.6 is 23.6 Å². The van der Waals surface area contributed by atoms with Crippen LogP contribution < -0.4 is 5.32 Å². The standard InChI is InChI=1S/C17H20N2S2/c20-17(18-15-8-9-15)19(13-16-7-4-12-21-16)11-10-14-5-2-1-3-6-14/h1-7,12,15H,8-11,13H2,(H,18,20). The molecule has 3 rings (SSSR count). The van der Waals surface area contributed by atoms with E-state index in [-0.39, 0.29) is 0 Å². The van der Waals surface area contributed by atoms with E-state index in [2.05, 4.69) is 58.1 Å². The van der Waals surface area contributed by atoms with Crippen molar-refractivity contribution in [2.24, 2.45) is 0 Å². The Bertz CT molecular complexity index is 562. The number of thiophene rings is 1. The fourth-order valence-corrected chi connectivity index (χ4v) is 3.29. The van der Waals surface area contributed by atoms with Crippen molar-refractivity contribution in [2.45, 2.75) is 31.8 Å². The van der Waals surface area contributed by atoms with Crippen LogP contribution in [0.2, 0.25) is 0 Å². The number of thiocarbonyl (C=S) groups is 1. The van der Waals surface area contributed by atoms with Gasteiger partial charge in [-0.25, -0.2) is 0 Å². The SMILES string of the molecule is S=C(NC1CC1)N(CCc1ccccc1)Cc1cccs1. The highest BCUT2D eigenvalue weighted by molar-refractivity contribution is 7.80. The highest BCUT2D eigenvalue weighted by atomic mass is 32.1. The van der Waals surface area contributed by atoms with E-state index in [1.54, 1.807) is 11.3 Å². The molecule has 0 atom stereocenters. The number of nitrogens with zero attached hydrogens (tertiary/aromatic N) is 1.